The summed E-state index contributed by atoms with van der Waals surface area (Å²) in [5.74, 6) is 8.30. The Kier molecular flexibility index (Phi) is 5.00. The molecule has 1 saturated heterocycles. The van der Waals surface area contributed by atoms with Gasteiger partial charge in [-0.05, 0) is 43.1 Å². The second kappa shape index (κ2) is 7.73. The van der Waals surface area contributed by atoms with E-state index in [1.807, 2.05) is 24.3 Å². The van der Waals surface area contributed by atoms with Crippen molar-refractivity contribution in [2.75, 3.05) is 19.0 Å². The molecule has 26 heavy (non-hydrogen) atoms. The Bertz CT molecular complexity index is 967. The van der Waals surface area contributed by atoms with Crippen LogP contribution in [0.3, 0.4) is 0 Å². The number of anilines is 1. The number of rotatable bonds is 4. The average Bonchev–Trinajstić information content (AvgIpc) is 3.34. The molecular weight excluding hydrogens is 344 g/mol. The first kappa shape index (κ1) is 16.8. The third-order valence-electron chi connectivity index (χ3n) is 4.34. The molecule has 4 rings (SSSR count). The van der Waals surface area contributed by atoms with Crippen LogP contribution >= 0.6 is 11.3 Å². The van der Waals surface area contributed by atoms with Crippen molar-refractivity contribution in [2.24, 2.45) is 0 Å². The number of nitrogens with zero attached hydrogens (tertiary/aromatic N) is 2. The van der Waals surface area contributed by atoms with Crippen LogP contribution in [0.25, 0.3) is 10.2 Å². The van der Waals surface area contributed by atoms with Crippen LogP contribution in [-0.4, -0.2) is 29.7 Å². The van der Waals surface area contributed by atoms with Crippen LogP contribution in [0.15, 0.2) is 36.7 Å². The third kappa shape index (κ3) is 3.79. The Hall–Kier alpha value is -2.62. The second-order valence-corrected chi connectivity index (χ2v) is 7.22. The van der Waals surface area contributed by atoms with Crippen molar-refractivity contribution in [1.82, 2.24) is 15.3 Å². The summed E-state index contributed by atoms with van der Waals surface area (Å²) in [5, 5.41) is 6.81. The molecule has 1 fully saturated rings. The molecule has 3 aromatic rings. The zero-order chi connectivity index (χ0) is 17.8. The lowest BCUT2D eigenvalue weighted by molar-refractivity contribution is 0.414. The largest absolute Gasteiger partial charge is 0.497 e. The normalized spacial score (nSPS) is 16.3. The van der Waals surface area contributed by atoms with E-state index in [9.17, 15) is 0 Å². The summed E-state index contributed by atoms with van der Waals surface area (Å²) in [6.45, 7) is 1.74. The molecule has 2 N–H and O–H groups in total. The number of nitrogens with one attached hydrogen (secondary N) is 2. The maximum atomic E-state index is 5.28. The maximum absolute atomic E-state index is 5.28. The fourth-order valence-corrected chi connectivity index (χ4v) is 3.91. The van der Waals surface area contributed by atoms with E-state index in [2.05, 4.69) is 38.5 Å². The van der Waals surface area contributed by atoms with Crippen LogP contribution < -0.4 is 15.4 Å². The van der Waals surface area contributed by atoms with Gasteiger partial charge in [0, 0.05) is 6.54 Å². The quantitative estimate of drug-likeness (QED) is 0.695. The Labute approximate surface area is 156 Å². The molecule has 0 spiro atoms. The molecule has 1 aliphatic rings. The molecule has 1 atom stereocenters. The Morgan fingerprint density at radius 3 is 3.15 bits per heavy atom. The van der Waals surface area contributed by atoms with Crippen molar-refractivity contribution in [3.63, 3.8) is 0 Å². The van der Waals surface area contributed by atoms with Gasteiger partial charge >= 0.3 is 0 Å². The highest BCUT2D eigenvalue weighted by Crippen LogP contribution is 2.29. The number of methoxy groups -OCH3 is 1. The smallest absolute Gasteiger partial charge is 0.147 e. The summed E-state index contributed by atoms with van der Waals surface area (Å²) in [5.41, 5.74) is 2.07. The van der Waals surface area contributed by atoms with Gasteiger partial charge in [0.15, 0.2) is 0 Å². The van der Waals surface area contributed by atoms with Crippen LogP contribution in [0.1, 0.15) is 23.3 Å². The van der Waals surface area contributed by atoms with Gasteiger partial charge in [-0.25, -0.2) is 9.97 Å². The van der Waals surface area contributed by atoms with Gasteiger partial charge in [0.1, 0.15) is 17.9 Å². The maximum Gasteiger partial charge on any atom is 0.147 e. The van der Waals surface area contributed by atoms with Crippen LogP contribution in [0, 0.1) is 11.8 Å². The van der Waals surface area contributed by atoms with Gasteiger partial charge in [-0.15, -0.1) is 11.3 Å². The lowest BCUT2D eigenvalue weighted by Crippen LogP contribution is -2.18. The first-order chi connectivity index (χ1) is 12.8. The van der Waals surface area contributed by atoms with Gasteiger partial charge in [0.2, 0.25) is 0 Å². The average molecular weight is 364 g/mol. The first-order valence-electron chi connectivity index (χ1n) is 8.68. The fraction of sp³-hybridized carbons (Fsp3) is 0.300. The van der Waals surface area contributed by atoms with E-state index >= 15 is 0 Å². The zero-order valence-corrected chi connectivity index (χ0v) is 15.4. The van der Waals surface area contributed by atoms with Crippen molar-refractivity contribution in [3.05, 3.63) is 47.1 Å². The fourth-order valence-electron chi connectivity index (χ4n) is 2.98. The van der Waals surface area contributed by atoms with E-state index in [-0.39, 0.29) is 0 Å². The number of hydrogen-bond acceptors (Lipinski definition) is 6. The van der Waals surface area contributed by atoms with Crippen molar-refractivity contribution >= 4 is 27.4 Å². The molecule has 0 saturated carbocycles. The van der Waals surface area contributed by atoms with Gasteiger partial charge in [-0.3, -0.25) is 0 Å². The number of aromatic nitrogens is 2. The molecule has 5 nitrogen and oxygen atoms in total. The Morgan fingerprint density at radius 1 is 1.35 bits per heavy atom. The predicted octanol–water partition coefficient (Wildman–Crippen LogP) is 3.42. The van der Waals surface area contributed by atoms with E-state index in [0.29, 0.717) is 12.6 Å². The molecule has 0 unspecified atom stereocenters. The summed E-state index contributed by atoms with van der Waals surface area (Å²) in [7, 11) is 1.68. The molecule has 6 heteroatoms. The number of thiophene rings is 1. The van der Waals surface area contributed by atoms with E-state index in [1.165, 1.54) is 6.42 Å². The summed E-state index contributed by atoms with van der Waals surface area (Å²) >= 11 is 1.64. The van der Waals surface area contributed by atoms with Crippen LogP contribution in [0.5, 0.6) is 5.75 Å². The SMILES string of the molecule is COc1cccc(CNc2ncnc3cc(C#C[C@H]4CCCN4)sc23)c1. The molecule has 1 aliphatic heterocycles. The molecule has 0 amide bonds. The lowest BCUT2D eigenvalue weighted by atomic mass is 10.2. The lowest BCUT2D eigenvalue weighted by Gasteiger charge is -2.07. The Morgan fingerprint density at radius 2 is 2.31 bits per heavy atom. The molecular formula is C20H20N4OS. The topological polar surface area (TPSA) is 59.1 Å². The molecule has 0 bridgehead atoms. The van der Waals surface area contributed by atoms with E-state index in [4.69, 9.17) is 4.74 Å². The van der Waals surface area contributed by atoms with E-state index in [1.54, 1.807) is 24.8 Å². The Balaban J connectivity index is 1.53. The molecule has 3 heterocycles. The minimum Gasteiger partial charge on any atom is -0.497 e. The summed E-state index contributed by atoms with van der Waals surface area (Å²) in [6, 6.07) is 10.4. The standard InChI is InChI=1S/C20H20N4OS/c1-25-16-6-2-4-14(10-16)12-22-20-19-18(23-13-24-20)11-17(26-19)8-7-15-5-3-9-21-15/h2,4,6,10-11,13,15,21H,3,5,9,12H2,1H3,(H,22,23,24)/t15-/m1/s1. The first-order valence-corrected chi connectivity index (χ1v) is 9.50. The third-order valence-corrected chi connectivity index (χ3v) is 5.38. The number of fused-ring (bicyclic) bond motifs is 1. The van der Waals surface area contributed by atoms with Gasteiger partial charge in [0.05, 0.1) is 28.2 Å². The second-order valence-electron chi connectivity index (χ2n) is 6.17. The van der Waals surface area contributed by atoms with Gasteiger partial charge in [-0.1, -0.05) is 24.0 Å². The monoisotopic (exact) mass is 364 g/mol. The van der Waals surface area contributed by atoms with Crippen molar-refractivity contribution in [3.8, 4) is 17.6 Å². The minimum absolute atomic E-state index is 0.317. The molecule has 0 aliphatic carbocycles. The van der Waals surface area contributed by atoms with E-state index in [0.717, 1.165) is 45.2 Å². The highest BCUT2D eigenvalue weighted by Gasteiger charge is 2.11. The van der Waals surface area contributed by atoms with Gasteiger partial charge in [-0.2, -0.15) is 0 Å². The number of benzene rings is 1. The summed E-state index contributed by atoms with van der Waals surface area (Å²) < 4.78 is 6.32. The highest BCUT2D eigenvalue weighted by molar-refractivity contribution is 7.20. The highest BCUT2D eigenvalue weighted by atomic mass is 32.1. The van der Waals surface area contributed by atoms with Crippen molar-refractivity contribution in [2.45, 2.75) is 25.4 Å². The molecule has 2 aromatic heterocycles. The van der Waals surface area contributed by atoms with E-state index < -0.39 is 0 Å². The summed E-state index contributed by atoms with van der Waals surface area (Å²) in [6.07, 6.45) is 3.93. The van der Waals surface area contributed by atoms with Gasteiger partial charge < -0.3 is 15.4 Å². The van der Waals surface area contributed by atoms with Crippen molar-refractivity contribution < 1.29 is 4.74 Å². The zero-order valence-electron chi connectivity index (χ0n) is 14.6. The summed E-state index contributed by atoms with van der Waals surface area (Å²) in [4.78, 5) is 9.82. The molecule has 1 aromatic carbocycles. The molecule has 132 valence electrons. The van der Waals surface area contributed by atoms with Crippen molar-refractivity contribution in [1.29, 1.82) is 0 Å². The minimum atomic E-state index is 0.317. The molecule has 0 radical (unpaired) electrons. The van der Waals surface area contributed by atoms with Gasteiger partial charge in [0.25, 0.3) is 0 Å². The van der Waals surface area contributed by atoms with Crippen LogP contribution in [-0.2, 0) is 6.54 Å². The predicted molar refractivity (Wildman–Crippen MR) is 106 cm³/mol. The number of ether oxygens (including phenoxy) is 1. The van der Waals surface area contributed by atoms with Crippen LogP contribution in [0.2, 0.25) is 0 Å². The van der Waals surface area contributed by atoms with Crippen LogP contribution in [0.4, 0.5) is 5.82 Å². The number of hydrogen-bond donors (Lipinski definition) is 2.